The van der Waals surface area contributed by atoms with E-state index in [4.69, 9.17) is 0 Å². The number of nitrogens with one attached hydrogen (secondary N) is 2. The van der Waals surface area contributed by atoms with Crippen LogP contribution in [0.4, 0.5) is 4.39 Å². The molecule has 0 spiro atoms. The van der Waals surface area contributed by atoms with Crippen molar-refractivity contribution in [2.75, 3.05) is 6.54 Å². The number of fused-ring (bicyclic) bond motifs is 1. The molecule has 1 heterocycles. The van der Waals surface area contributed by atoms with Gasteiger partial charge >= 0.3 is 0 Å². The number of alkyl halides is 1. The zero-order chi connectivity index (χ0) is 22.7. The van der Waals surface area contributed by atoms with Gasteiger partial charge < -0.3 is 0 Å². The average Bonchev–Trinajstić information content (AvgIpc) is 3.21. The number of halogens is 2. The highest BCUT2D eigenvalue weighted by Crippen LogP contribution is 2.29. The fourth-order valence-corrected chi connectivity index (χ4v) is 6.26. The fourth-order valence-electron chi connectivity index (χ4n) is 3.76. The highest BCUT2D eigenvalue weighted by Gasteiger charge is 2.28. The van der Waals surface area contributed by atoms with Crippen LogP contribution in [0.2, 0.25) is 0 Å². The van der Waals surface area contributed by atoms with Crippen LogP contribution in [0.3, 0.4) is 0 Å². The van der Waals surface area contributed by atoms with Crippen molar-refractivity contribution in [1.82, 2.24) is 24.2 Å². The Morgan fingerprint density at radius 3 is 2.72 bits per heavy atom. The molecule has 32 heavy (non-hydrogen) atoms. The summed E-state index contributed by atoms with van der Waals surface area (Å²) in [6, 6.07) is 12.1. The number of rotatable bonds is 7. The van der Waals surface area contributed by atoms with Crippen molar-refractivity contribution in [3.8, 4) is 17.1 Å². The van der Waals surface area contributed by atoms with Gasteiger partial charge in [0.05, 0.1) is 5.69 Å². The molecule has 0 saturated heterocycles. The summed E-state index contributed by atoms with van der Waals surface area (Å²) in [6.45, 7) is 2.36. The monoisotopic (exact) mass is 569 g/mol. The minimum atomic E-state index is -3.51. The van der Waals surface area contributed by atoms with E-state index >= 15 is 0 Å². The van der Waals surface area contributed by atoms with Gasteiger partial charge in [0.1, 0.15) is 12.1 Å². The highest BCUT2D eigenvalue weighted by atomic mass is 127. The van der Waals surface area contributed by atoms with E-state index in [0.717, 1.165) is 30.5 Å². The number of benzene rings is 2. The highest BCUT2D eigenvalue weighted by molar-refractivity contribution is 14.1. The Bertz CT molecular complexity index is 1180. The molecule has 1 aliphatic carbocycles. The van der Waals surface area contributed by atoms with Gasteiger partial charge in [0, 0.05) is 22.1 Å². The minimum absolute atomic E-state index is 0.142. The lowest BCUT2D eigenvalue weighted by molar-refractivity contribution is 0.517. The van der Waals surface area contributed by atoms with E-state index in [9.17, 15) is 12.8 Å². The third-order valence-corrected chi connectivity index (χ3v) is 7.98. The van der Waals surface area contributed by atoms with Crippen LogP contribution in [0.1, 0.15) is 30.9 Å². The van der Waals surface area contributed by atoms with Crippen molar-refractivity contribution in [2.45, 2.75) is 42.6 Å². The Hall–Kier alpha value is -1.89. The molecule has 4 rings (SSSR count). The van der Waals surface area contributed by atoms with Crippen molar-refractivity contribution in [3.05, 3.63) is 65.7 Å². The van der Waals surface area contributed by atoms with E-state index in [1.54, 1.807) is 23.1 Å². The smallest absolute Gasteiger partial charge is 0.220 e. The van der Waals surface area contributed by atoms with E-state index in [-0.39, 0.29) is 15.8 Å². The van der Waals surface area contributed by atoms with Crippen LogP contribution < -0.4 is 9.44 Å². The van der Waals surface area contributed by atoms with Gasteiger partial charge in [-0.25, -0.2) is 18.8 Å². The normalized spacial score (nSPS) is 18.8. The molecule has 0 bridgehead atoms. The Balaban J connectivity index is 1.51. The first-order chi connectivity index (χ1) is 15.3. The van der Waals surface area contributed by atoms with Crippen molar-refractivity contribution in [1.29, 1.82) is 0 Å². The first-order valence-electron chi connectivity index (χ1n) is 10.6. The third-order valence-electron chi connectivity index (χ3n) is 5.47. The molecule has 170 valence electrons. The summed E-state index contributed by atoms with van der Waals surface area (Å²) < 4.78 is 45.0. The van der Waals surface area contributed by atoms with Crippen molar-refractivity contribution in [3.63, 3.8) is 0 Å². The molecule has 2 aromatic carbocycles. The van der Waals surface area contributed by atoms with Crippen LogP contribution in [0.5, 0.6) is 0 Å². The van der Waals surface area contributed by atoms with Gasteiger partial charge in [0.15, 0.2) is 5.82 Å². The van der Waals surface area contributed by atoms with Gasteiger partial charge in [-0.3, -0.25) is 0 Å². The summed E-state index contributed by atoms with van der Waals surface area (Å²) in [4.78, 5) is 4.42. The predicted molar refractivity (Wildman–Crippen MR) is 131 cm³/mol. The molecule has 2 N–H and O–H groups in total. The topological polar surface area (TPSA) is 88.9 Å². The van der Waals surface area contributed by atoms with Crippen LogP contribution in [-0.2, 0) is 23.1 Å². The van der Waals surface area contributed by atoms with Crippen LogP contribution in [0.25, 0.3) is 17.1 Å². The Morgan fingerprint density at radius 1 is 1.19 bits per heavy atom. The van der Waals surface area contributed by atoms with Crippen LogP contribution in [0.15, 0.2) is 48.8 Å². The summed E-state index contributed by atoms with van der Waals surface area (Å²) in [6.07, 6.45) is 4.63. The second-order valence-corrected chi connectivity index (χ2v) is 11.0. The Labute approximate surface area is 201 Å². The van der Waals surface area contributed by atoms with Gasteiger partial charge in [-0.1, -0.05) is 41.6 Å². The van der Waals surface area contributed by atoms with Crippen LogP contribution in [0, 0.1) is 5.82 Å². The Kier molecular flexibility index (Phi) is 7.23. The molecule has 0 unspecified atom stereocenters. The molecule has 0 radical (unpaired) electrons. The molecule has 0 amide bonds. The van der Waals surface area contributed by atoms with Gasteiger partial charge in [-0.05, 0) is 67.1 Å². The lowest BCUT2D eigenvalue weighted by atomic mass is 10.00. The molecule has 2 atom stereocenters. The molecular formula is C22H25FIN5O2S. The van der Waals surface area contributed by atoms with Crippen LogP contribution >= 0.6 is 22.6 Å². The zero-order valence-electron chi connectivity index (χ0n) is 17.6. The SMILES string of the molecule is CCCNS(=O)(=O)N[C@H]1CCc2cc(-c3ncn(-c4ccc(F)cc4)n3)ccc2C[C@@H]1I. The maximum atomic E-state index is 13.2. The van der Waals surface area contributed by atoms with E-state index in [2.05, 4.69) is 54.3 Å². The molecule has 1 aliphatic rings. The number of aryl methyl sites for hydroxylation is 1. The number of hydrogen-bond donors (Lipinski definition) is 2. The summed E-state index contributed by atoms with van der Waals surface area (Å²) >= 11 is 2.34. The maximum absolute atomic E-state index is 13.2. The van der Waals surface area contributed by atoms with Gasteiger partial charge in [-0.15, -0.1) is 5.10 Å². The standard InChI is InChI=1S/C22H25FIN5O2S/c1-2-11-26-32(30,31)28-21-10-5-15-12-17(4-3-16(15)13-20(21)24)22-25-14-29(27-22)19-8-6-18(23)7-9-19/h3-4,6-9,12,14,20-21,26,28H,2,5,10-11,13H2,1H3/t20-,21-/m0/s1. The first kappa shape index (κ1) is 23.3. The first-order valence-corrected chi connectivity index (χ1v) is 13.3. The van der Waals surface area contributed by atoms with Crippen molar-refractivity contribution >= 4 is 32.8 Å². The average molecular weight is 569 g/mol. The summed E-state index contributed by atoms with van der Waals surface area (Å²) in [7, 11) is -3.51. The molecular weight excluding hydrogens is 544 g/mol. The molecule has 0 fully saturated rings. The quantitative estimate of drug-likeness (QED) is 0.259. The zero-order valence-corrected chi connectivity index (χ0v) is 20.6. The predicted octanol–water partition coefficient (Wildman–Crippen LogP) is 3.57. The summed E-state index contributed by atoms with van der Waals surface area (Å²) in [5, 5.41) is 4.54. The van der Waals surface area contributed by atoms with Crippen LogP contribution in [-0.4, -0.2) is 39.7 Å². The van der Waals surface area contributed by atoms with Gasteiger partial charge in [-0.2, -0.15) is 13.1 Å². The Morgan fingerprint density at radius 2 is 1.97 bits per heavy atom. The number of aromatic nitrogens is 3. The van der Waals surface area contributed by atoms with E-state index < -0.39 is 10.2 Å². The molecule has 0 saturated carbocycles. The van der Waals surface area contributed by atoms with Crippen molar-refractivity contribution < 1.29 is 12.8 Å². The van der Waals surface area contributed by atoms with E-state index in [1.165, 1.54) is 23.3 Å². The largest absolute Gasteiger partial charge is 0.277 e. The maximum Gasteiger partial charge on any atom is 0.277 e. The summed E-state index contributed by atoms with van der Waals surface area (Å²) in [5.41, 5.74) is 4.04. The second-order valence-electron chi connectivity index (χ2n) is 7.85. The molecule has 10 heteroatoms. The molecule has 1 aromatic heterocycles. The fraction of sp³-hybridized carbons (Fsp3) is 0.364. The van der Waals surface area contributed by atoms with Gasteiger partial charge in [0.2, 0.25) is 0 Å². The lowest BCUT2D eigenvalue weighted by Crippen LogP contribution is -2.46. The van der Waals surface area contributed by atoms with E-state index in [0.29, 0.717) is 18.8 Å². The number of hydrogen-bond acceptors (Lipinski definition) is 4. The molecule has 3 aromatic rings. The van der Waals surface area contributed by atoms with Crippen molar-refractivity contribution in [2.24, 2.45) is 0 Å². The third kappa shape index (κ3) is 5.53. The molecule has 7 nitrogen and oxygen atoms in total. The summed E-state index contributed by atoms with van der Waals surface area (Å²) in [5.74, 6) is 0.295. The molecule has 0 aliphatic heterocycles. The lowest BCUT2D eigenvalue weighted by Gasteiger charge is -2.21. The van der Waals surface area contributed by atoms with E-state index in [1.807, 2.05) is 13.0 Å². The minimum Gasteiger partial charge on any atom is -0.220 e. The van der Waals surface area contributed by atoms with Gasteiger partial charge in [0.25, 0.3) is 10.2 Å². The second kappa shape index (κ2) is 9.94. The number of nitrogens with zero attached hydrogens (tertiary/aromatic N) is 3.